The van der Waals surface area contributed by atoms with Crippen molar-refractivity contribution in [3.8, 4) is 11.1 Å². The second-order valence-corrected chi connectivity index (χ2v) is 11.2. The molecule has 1 saturated heterocycles. The zero-order valence-corrected chi connectivity index (χ0v) is 22.1. The van der Waals surface area contributed by atoms with Crippen LogP contribution < -0.4 is 4.90 Å². The van der Waals surface area contributed by atoms with Gasteiger partial charge < -0.3 is 9.57 Å². The van der Waals surface area contributed by atoms with E-state index in [9.17, 15) is 4.79 Å². The van der Waals surface area contributed by atoms with E-state index >= 15 is 4.39 Å². The number of hydrogen-bond donors (Lipinski definition) is 0. The van der Waals surface area contributed by atoms with Crippen molar-refractivity contribution in [2.45, 2.75) is 69.9 Å². The lowest BCUT2D eigenvalue weighted by molar-refractivity contribution is -0.357. The van der Waals surface area contributed by atoms with Crippen LogP contribution in [0.3, 0.4) is 0 Å². The lowest BCUT2D eigenvalue weighted by Gasteiger charge is -2.23. The molecule has 4 heterocycles. The maximum absolute atomic E-state index is 15.2. The molecule has 1 aromatic heterocycles. The Labute approximate surface area is 225 Å². The average molecular weight is 539 g/mol. The molecular weight excluding hydrogens is 507 g/mol. The Balaban J connectivity index is 1.06. The summed E-state index contributed by atoms with van der Waals surface area (Å²) in [6.45, 7) is 6.83. The third-order valence-electron chi connectivity index (χ3n) is 6.90. The van der Waals surface area contributed by atoms with Crippen molar-refractivity contribution in [3.63, 3.8) is 0 Å². The van der Waals surface area contributed by atoms with Crippen LogP contribution in [0, 0.1) is 5.82 Å². The normalized spacial score (nSPS) is 25.8. The molecule has 11 nitrogen and oxygen atoms in total. The number of halogens is 1. The Hall–Kier alpha value is -3.64. The lowest BCUT2D eigenvalue weighted by Crippen LogP contribution is -2.32. The number of amides is 1. The van der Waals surface area contributed by atoms with Gasteiger partial charge in [-0.3, -0.25) is 14.9 Å². The smallest absolute Gasteiger partial charge is 0.414 e. The summed E-state index contributed by atoms with van der Waals surface area (Å²) in [5, 5.41) is 14.4. The lowest BCUT2D eigenvalue weighted by atomic mass is 10.0. The van der Waals surface area contributed by atoms with Gasteiger partial charge in [0, 0.05) is 17.3 Å². The summed E-state index contributed by atoms with van der Waals surface area (Å²) in [6.07, 6.45) is 2.97. The molecule has 0 N–H and O–H groups in total. The highest BCUT2D eigenvalue weighted by molar-refractivity contribution is 5.99. The SMILES string of the molecule is CC(C)(C)OOCC1CCC(c2ccc(-c3ccc(N4C[C@H](CN5N=NC6CC65)OC4=O)cc3F)cn2)=NO1. The van der Waals surface area contributed by atoms with E-state index in [4.69, 9.17) is 19.3 Å². The largest absolute Gasteiger partial charge is 0.442 e. The molecule has 206 valence electrons. The molecule has 0 bridgehead atoms. The van der Waals surface area contributed by atoms with Crippen LogP contribution in [0.5, 0.6) is 0 Å². The molecule has 1 aliphatic carbocycles. The van der Waals surface area contributed by atoms with Gasteiger partial charge in [-0.1, -0.05) is 16.4 Å². The number of anilines is 1. The van der Waals surface area contributed by atoms with Crippen molar-refractivity contribution in [2.75, 3.05) is 24.6 Å². The van der Waals surface area contributed by atoms with E-state index in [1.165, 1.54) is 11.0 Å². The Kier molecular flexibility index (Phi) is 6.67. The van der Waals surface area contributed by atoms with Gasteiger partial charge in [0.25, 0.3) is 0 Å². The maximum atomic E-state index is 15.2. The number of pyridine rings is 1. The van der Waals surface area contributed by atoms with E-state index in [-0.39, 0.29) is 24.4 Å². The minimum atomic E-state index is -0.493. The van der Waals surface area contributed by atoms with Crippen molar-refractivity contribution < 1.29 is 28.5 Å². The molecule has 0 spiro atoms. The predicted octanol–water partition coefficient (Wildman–Crippen LogP) is 4.67. The Morgan fingerprint density at radius 2 is 2.05 bits per heavy atom. The number of carbonyl (C=O) groups excluding carboxylic acids is 1. The van der Waals surface area contributed by atoms with Crippen LogP contribution in [0.1, 0.15) is 45.7 Å². The van der Waals surface area contributed by atoms with Gasteiger partial charge in [-0.15, -0.1) is 0 Å². The molecule has 1 amide bonds. The second kappa shape index (κ2) is 10.2. The van der Waals surface area contributed by atoms with Crippen LogP contribution in [0.2, 0.25) is 0 Å². The van der Waals surface area contributed by atoms with Crippen LogP contribution in [0.15, 0.2) is 52.0 Å². The minimum absolute atomic E-state index is 0.192. The van der Waals surface area contributed by atoms with E-state index in [0.29, 0.717) is 54.1 Å². The molecule has 2 fully saturated rings. The van der Waals surface area contributed by atoms with E-state index in [2.05, 4.69) is 20.5 Å². The predicted molar refractivity (Wildman–Crippen MR) is 138 cm³/mol. The minimum Gasteiger partial charge on any atom is -0.442 e. The number of carbonyl (C=O) groups is 1. The fraction of sp³-hybridized carbons (Fsp3) is 0.519. The zero-order chi connectivity index (χ0) is 27.1. The molecule has 1 aromatic carbocycles. The van der Waals surface area contributed by atoms with Gasteiger partial charge in [0.15, 0.2) is 6.10 Å². The van der Waals surface area contributed by atoms with Crippen molar-refractivity contribution in [1.82, 2.24) is 9.99 Å². The molecule has 3 unspecified atom stereocenters. The van der Waals surface area contributed by atoms with E-state index in [1.54, 1.807) is 30.5 Å². The molecule has 6 rings (SSSR count). The van der Waals surface area contributed by atoms with E-state index in [0.717, 1.165) is 18.6 Å². The number of fused-ring (bicyclic) bond motifs is 1. The summed E-state index contributed by atoms with van der Waals surface area (Å²) >= 11 is 0. The van der Waals surface area contributed by atoms with E-state index < -0.39 is 11.9 Å². The molecule has 0 radical (unpaired) electrons. The number of aromatic nitrogens is 1. The standard InChI is InChI=1S/C27H31FN6O5/c1-27(2,3)39-36-15-18-6-9-23(31-38-18)22-8-4-16(12-29-22)20-7-5-17(10-21(20)28)33-13-19(37-26(33)35)14-34-25-11-24(25)30-32-34/h4-5,7-8,10,12,18-19,24-25H,6,9,11,13-15H2,1-3H3/t18?,19-,24?,25?/m1/s1. The third kappa shape index (κ3) is 5.71. The van der Waals surface area contributed by atoms with Crippen molar-refractivity contribution in [1.29, 1.82) is 0 Å². The van der Waals surface area contributed by atoms with Crippen LogP contribution in [0.4, 0.5) is 14.9 Å². The molecular formula is C27H31FN6O5. The molecule has 2 aromatic rings. The van der Waals surface area contributed by atoms with Gasteiger partial charge in [-0.2, -0.15) is 5.11 Å². The molecule has 4 aliphatic rings. The number of cyclic esters (lactones) is 1. The number of nitrogens with zero attached hydrogens (tertiary/aromatic N) is 6. The van der Waals surface area contributed by atoms with Crippen LogP contribution in [0.25, 0.3) is 11.1 Å². The Morgan fingerprint density at radius 1 is 1.18 bits per heavy atom. The van der Waals surface area contributed by atoms with Crippen molar-refractivity contribution >= 4 is 17.5 Å². The highest BCUT2D eigenvalue weighted by Crippen LogP contribution is 2.38. The zero-order valence-electron chi connectivity index (χ0n) is 22.1. The Morgan fingerprint density at radius 3 is 2.69 bits per heavy atom. The molecule has 3 aliphatic heterocycles. The average Bonchev–Trinajstić information content (AvgIpc) is 3.45. The topological polar surface area (TPSA) is 110 Å². The number of ether oxygens (including phenoxy) is 1. The molecule has 12 heteroatoms. The van der Waals surface area contributed by atoms with Crippen LogP contribution >= 0.6 is 0 Å². The summed E-state index contributed by atoms with van der Waals surface area (Å²) in [5.74, 6) is -0.453. The number of oxime groups is 1. The van der Waals surface area contributed by atoms with Gasteiger partial charge in [0.1, 0.15) is 24.2 Å². The van der Waals surface area contributed by atoms with Crippen molar-refractivity contribution in [2.24, 2.45) is 15.5 Å². The summed E-state index contributed by atoms with van der Waals surface area (Å²) in [5.41, 5.74) is 2.45. The second-order valence-electron chi connectivity index (χ2n) is 11.2. The first-order chi connectivity index (χ1) is 18.7. The van der Waals surface area contributed by atoms with E-state index in [1.807, 2.05) is 25.8 Å². The number of hydrogen-bond acceptors (Lipinski definition) is 10. The van der Waals surface area contributed by atoms with Crippen LogP contribution in [-0.4, -0.2) is 71.4 Å². The first-order valence-electron chi connectivity index (χ1n) is 13.2. The van der Waals surface area contributed by atoms with Gasteiger partial charge in [0.05, 0.1) is 42.2 Å². The van der Waals surface area contributed by atoms with Gasteiger partial charge >= 0.3 is 6.09 Å². The maximum Gasteiger partial charge on any atom is 0.414 e. The molecule has 39 heavy (non-hydrogen) atoms. The van der Waals surface area contributed by atoms with Crippen LogP contribution in [-0.2, 0) is 19.3 Å². The van der Waals surface area contributed by atoms with Gasteiger partial charge in [0.2, 0.25) is 0 Å². The number of benzene rings is 1. The summed E-state index contributed by atoms with van der Waals surface area (Å²) in [4.78, 5) is 34.5. The third-order valence-corrected chi connectivity index (χ3v) is 6.90. The van der Waals surface area contributed by atoms with Gasteiger partial charge in [-0.25, -0.2) is 19.0 Å². The number of rotatable bonds is 8. The first-order valence-corrected chi connectivity index (χ1v) is 13.2. The molecule has 1 saturated carbocycles. The quantitative estimate of drug-likeness (QED) is 0.355. The highest BCUT2D eigenvalue weighted by Gasteiger charge is 2.48. The van der Waals surface area contributed by atoms with Gasteiger partial charge in [-0.05, 0) is 64.3 Å². The molecule has 4 atom stereocenters. The first kappa shape index (κ1) is 25.6. The summed E-state index contributed by atoms with van der Waals surface area (Å²) < 4.78 is 20.7. The summed E-state index contributed by atoms with van der Waals surface area (Å²) in [7, 11) is 0. The van der Waals surface area contributed by atoms with Crippen molar-refractivity contribution in [3.05, 3.63) is 48.0 Å². The fourth-order valence-corrected chi connectivity index (χ4v) is 4.76. The summed E-state index contributed by atoms with van der Waals surface area (Å²) in [6, 6.07) is 8.93. The highest BCUT2D eigenvalue weighted by atomic mass is 19.1. The monoisotopic (exact) mass is 538 g/mol. The fourth-order valence-electron chi connectivity index (χ4n) is 4.76. The Bertz CT molecular complexity index is 1300.